The number of carbonyl (C=O) groups is 2. The molecule has 1 saturated heterocycles. The van der Waals surface area contributed by atoms with Gasteiger partial charge in [-0.15, -0.1) is 0 Å². The fraction of sp³-hybridized carbons (Fsp3) is 0.364. The number of anilines is 1. The van der Waals surface area contributed by atoms with E-state index in [1.54, 1.807) is 18.2 Å². The second kappa shape index (κ2) is 9.07. The molecule has 0 spiro atoms. The number of amides is 2. The highest BCUT2D eigenvalue weighted by molar-refractivity contribution is 5.98. The summed E-state index contributed by atoms with van der Waals surface area (Å²) >= 11 is 0. The summed E-state index contributed by atoms with van der Waals surface area (Å²) in [4.78, 5) is 28.6. The average Bonchev–Trinajstić information content (AvgIpc) is 2.75. The monoisotopic (exact) mass is 394 g/mol. The average molecular weight is 394 g/mol. The molecular formula is C22H26N4O3. The number of fused-ring (bicyclic) bond motifs is 1. The van der Waals surface area contributed by atoms with Gasteiger partial charge in [0, 0.05) is 51.4 Å². The van der Waals surface area contributed by atoms with Crippen LogP contribution in [-0.2, 0) is 11.3 Å². The van der Waals surface area contributed by atoms with Gasteiger partial charge in [0.05, 0.1) is 5.69 Å². The molecule has 0 radical (unpaired) electrons. The van der Waals surface area contributed by atoms with E-state index in [0.717, 1.165) is 39.3 Å². The van der Waals surface area contributed by atoms with E-state index in [1.165, 1.54) is 5.56 Å². The third-order valence-electron chi connectivity index (χ3n) is 5.30. The molecule has 0 aromatic heterocycles. The molecule has 0 atom stereocenters. The van der Waals surface area contributed by atoms with Crippen LogP contribution >= 0.6 is 0 Å². The summed E-state index contributed by atoms with van der Waals surface area (Å²) in [7, 11) is 0. The van der Waals surface area contributed by atoms with Gasteiger partial charge in [-0.2, -0.15) is 0 Å². The van der Waals surface area contributed by atoms with Gasteiger partial charge >= 0.3 is 0 Å². The van der Waals surface area contributed by atoms with Gasteiger partial charge in [-0.05, 0) is 23.8 Å². The van der Waals surface area contributed by atoms with Crippen molar-refractivity contribution in [3.63, 3.8) is 0 Å². The van der Waals surface area contributed by atoms with E-state index in [0.29, 0.717) is 23.5 Å². The maximum atomic E-state index is 12.4. The molecule has 29 heavy (non-hydrogen) atoms. The van der Waals surface area contributed by atoms with E-state index in [2.05, 4.69) is 44.7 Å². The predicted octanol–water partition coefficient (Wildman–Crippen LogP) is 1.57. The summed E-state index contributed by atoms with van der Waals surface area (Å²) in [6, 6.07) is 15.6. The third kappa shape index (κ3) is 5.13. The highest BCUT2D eigenvalue weighted by atomic mass is 16.5. The number of carbonyl (C=O) groups excluding carboxylic acids is 2. The van der Waals surface area contributed by atoms with Crippen molar-refractivity contribution < 1.29 is 14.3 Å². The zero-order valence-corrected chi connectivity index (χ0v) is 16.4. The molecule has 7 nitrogen and oxygen atoms in total. The van der Waals surface area contributed by atoms with Gasteiger partial charge in [-0.25, -0.2) is 0 Å². The first kappa shape index (κ1) is 19.4. The van der Waals surface area contributed by atoms with Crippen molar-refractivity contribution in [2.24, 2.45) is 0 Å². The molecule has 0 saturated carbocycles. The first-order chi connectivity index (χ1) is 14.2. The summed E-state index contributed by atoms with van der Waals surface area (Å²) in [5, 5.41) is 5.70. The molecule has 7 heteroatoms. The lowest BCUT2D eigenvalue weighted by Gasteiger charge is -2.34. The summed E-state index contributed by atoms with van der Waals surface area (Å²) in [5.41, 5.74) is 2.49. The van der Waals surface area contributed by atoms with E-state index in [-0.39, 0.29) is 18.4 Å². The molecule has 0 bridgehead atoms. The second-order valence-corrected chi connectivity index (χ2v) is 7.41. The molecule has 0 aliphatic carbocycles. The molecule has 2 aromatic carbocycles. The minimum absolute atomic E-state index is 0.0195. The molecule has 0 unspecified atom stereocenters. The van der Waals surface area contributed by atoms with Crippen molar-refractivity contribution in [2.75, 3.05) is 51.2 Å². The Bertz CT molecular complexity index is 864. The lowest BCUT2D eigenvalue weighted by Crippen LogP contribution is -2.48. The molecule has 2 aliphatic heterocycles. The standard InChI is InChI=1S/C22H26N4O3/c27-21-16-29-20-14-18(6-7-19(20)24-21)22(28)23-8-9-25-10-12-26(13-11-25)15-17-4-2-1-3-5-17/h1-7,14H,8-13,15-16H2,(H,23,28)(H,24,27). The molecule has 2 aliphatic rings. The Balaban J connectivity index is 1.19. The van der Waals surface area contributed by atoms with Gasteiger partial charge in [0.2, 0.25) is 0 Å². The lowest BCUT2D eigenvalue weighted by molar-refractivity contribution is -0.118. The lowest BCUT2D eigenvalue weighted by atomic mass is 10.1. The number of rotatable bonds is 6. The number of nitrogens with one attached hydrogen (secondary N) is 2. The number of nitrogens with zero attached hydrogens (tertiary/aromatic N) is 2. The summed E-state index contributed by atoms with van der Waals surface area (Å²) < 4.78 is 5.37. The quantitative estimate of drug-likeness (QED) is 0.778. The first-order valence-electron chi connectivity index (χ1n) is 10.0. The van der Waals surface area contributed by atoms with Gasteiger partial charge in [-0.3, -0.25) is 19.4 Å². The van der Waals surface area contributed by atoms with Gasteiger partial charge < -0.3 is 15.4 Å². The van der Waals surface area contributed by atoms with E-state index in [9.17, 15) is 9.59 Å². The van der Waals surface area contributed by atoms with Crippen molar-refractivity contribution in [3.05, 3.63) is 59.7 Å². The van der Waals surface area contributed by atoms with Crippen LogP contribution in [0.1, 0.15) is 15.9 Å². The molecule has 2 heterocycles. The number of benzene rings is 2. The van der Waals surface area contributed by atoms with Crippen LogP contribution in [0.25, 0.3) is 0 Å². The van der Waals surface area contributed by atoms with Crippen LogP contribution in [-0.4, -0.2) is 67.5 Å². The Morgan fingerprint density at radius 3 is 2.59 bits per heavy atom. The fourth-order valence-corrected chi connectivity index (χ4v) is 3.66. The van der Waals surface area contributed by atoms with Crippen LogP contribution in [0.4, 0.5) is 5.69 Å². The summed E-state index contributed by atoms with van der Waals surface area (Å²) in [6.07, 6.45) is 0. The Morgan fingerprint density at radius 1 is 1.03 bits per heavy atom. The van der Waals surface area contributed by atoms with Crippen LogP contribution in [0.3, 0.4) is 0 Å². The Labute approximate surface area is 170 Å². The highest BCUT2D eigenvalue weighted by Crippen LogP contribution is 2.28. The molecule has 1 fully saturated rings. The largest absolute Gasteiger partial charge is 0.482 e. The molecule has 2 N–H and O–H groups in total. The summed E-state index contributed by atoms with van der Waals surface area (Å²) in [5.74, 6) is 0.223. The van der Waals surface area contributed by atoms with Crippen LogP contribution in [0.2, 0.25) is 0 Å². The van der Waals surface area contributed by atoms with Crippen molar-refractivity contribution in [3.8, 4) is 5.75 Å². The van der Waals surface area contributed by atoms with Gasteiger partial charge in [-0.1, -0.05) is 30.3 Å². The molecule has 4 rings (SSSR count). The normalized spacial score (nSPS) is 17.2. The van der Waals surface area contributed by atoms with Crippen LogP contribution in [0, 0.1) is 0 Å². The van der Waals surface area contributed by atoms with E-state index >= 15 is 0 Å². The van der Waals surface area contributed by atoms with Crippen molar-refractivity contribution in [2.45, 2.75) is 6.54 Å². The number of piperazine rings is 1. The fourth-order valence-electron chi connectivity index (χ4n) is 3.66. The van der Waals surface area contributed by atoms with Crippen LogP contribution < -0.4 is 15.4 Å². The first-order valence-corrected chi connectivity index (χ1v) is 10.0. The number of hydrogen-bond acceptors (Lipinski definition) is 5. The second-order valence-electron chi connectivity index (χ2n) is 7.41. The van der Waals surface area contributed by atoms with E-state index in [4.69, 9.17) is 4.74 Å². The number of hydrogen-bond donors (Lipinski definition) is 2. The van der Waals surface area contributed by atoms with Crippen LogP contribution in [0.15, 0.2) is 48.5 Å². The van der Waals surface area contributed by atoms with E-state index in [1.807, 2.05) is 6.07 Å². The Hall–Kier alpha value is -2.90. The minimum atomic E-state index is -0.182. The van der Waals surface area contributed by atoms with Gasteiger partial charge in [0.15, 0.2) is 6.61 Å². The van der Waals surface area contributed by atoms with Crippen molar-refractivity contribution in [1.29, 1.82) is 0 Å². The van der Waals surface area contributed by atoms with Crippen molar-refractivity contribution in [1.82, 2.24) is 15.1 Å². The highest BCUT2D eigenvalue weighted by Gasteiger charge is 2.19. The third-order valence-corrected chi connectivity index (χ3v) is 5.30. The van der Waals surface area contributed by atoms with Gasteiger partial charge in [0.25, 0.3) is 11.8 Å². The molecule has 152 valence electrons. The Kier molecular flexibility index (Phi) is 6.07. The van der Waals surface area contributed by atoms with Gasteiger partial charge in [0.1, 0.15) is 5.75 Å². The molecule has 2 aromatic rings. The van der Waals surface area contributed by atoms with E-state index < -0.39 is 0 Å². The predicted molar refractivity (Wildman–Crippen MR) is 111 cm³/mol. The van der Waals surface area contributed by atoms with Crippen molar-refractivity contribution >= 4 is 17.5 Å². The number of ether oxygens (including phenoxy) is 1. The topological polar surface area (TPSA) is 73.9 Å². The molecule has 2 amide bonds. The minimum Gasteiger partial charge on any atom is -0.482 e. The molecular weight excluding hydrogens is 368 g/mol. The smallest absolute Gasteiger partial charge is 0.262 e. The SMILES string of the molecule is O=C1COc2cc(C(=O)NCCN3CCN(Cc4ccccc4)CC3)ccc2N1. The maximum Gasteiger partial charge on any atom is 0.262 e. The Morgan fingerprint density at radius 2 is 1.79 bits per heavy atom. The summed E-state index contributed by atoms with van der Waals surface area (Å²) in [6.45, 7) is 6.51. The van der Waals surface area contributed by atoms with Crippen LogP contribution in [0.5, 0.6) is 5.75 Å². The zero-order chi connectivity index (χ0) is 20.1. The maximum absolute atomic E-state index is 12.4. The zero-order valence-electron chi connectivity index (χ0n) is 16.4.